The monoisotopic (exact) mass is 628 g/mol. The Labute approximate surface area is 245 Å². The summed E-state index contributed by atoms with van der Waals surface area (Å²) < 4.78 is 13.9. The predicted octanol–water partition coefficient (Wildman–Crippen LogP) is 7.60. The first-order chi connectivity index (χ1) is 19.9. The molecule has 11 heteroatoms. The molecule has 0 fully saturated rings. The second-order valence-electron chi connectivity index (χ2n) is 9.01. The number of nitro benzene ring substituents is 1. The zero-order chi connectivity index (χ0) is 28.5. The molecule has 0 aliphatic carbocycles. The summed E-state index contributed by atoms with van der Waals surface area (Å²) in [6, 6.07) is 25.7. The zero-order valence-corrected chi connectivity index (χ0v) is 23.4. The summed E-state index contributed by atoms with van der Waals surface area (Å²) in [6.45, 7) is 0.102. The number of nitro groups is 1. The minimum atomic E-state index is -0.459. The lowest BCUT2D eigenvalue weighted by molar-refractivity contribution is -0.384. The molecule has 2 aromatic heterocycles. The van der Waals surface area contributed by atoms with Crippen molar-refractivity contribution in [3.63, 3.8) is 0 Å². The molecule has 0 aliphatic rings. The Morgan fingerprint density at radius 3 is 2.73 bits per heavy atom. The van der Waals surface area contributed by atoms with Crippen molar-refractivity contribution < 1.29 is 14.1 Å². The van der Waals surface area contributed by atoms with Crippen LogP contribution >= 0.6 is 27.5 Å². The molecule has 41 heavy (non-hydrogen) atoms. The normalized spacial score (nSPS) is 11.5. The molecule has 0 saturated heterocycles. The molecule has 9 nitrogen and oxygen atoms in total. The van der Waals surface area contributed by atoms with Gasteiger partial charge in [-0.25, -0.2) is 4.98 Å². The highest BCUT2D eigenvalue weighted by Gasteiger charge is 2.17. The lowest BCUT2D eigenvalue weighted by Gasteiger charge is -2.09. The van der Waals surface area contributed by atoms with Crippen molar-refractivity contribution in [2.24, 2.45) is 5.10 Å². The number of hydrogen-bond acceptors (Lipinski definition) is 7. The second kappa shape index (κ2) is 11.0. The van der Waals surface area contributed by atoms with Crippen molar-refractivity contribution in [3.05, 3.63) is 132 Å². The van der Waals surface area contributed by atoms with Gasteiger partial charge in [0.25, 0.3) is 11.2 Å². The molecule has 0 aliphatic heterocycles. The van der Waals surface area contributed by atoms with Crippen molar-refractivity contribution in [1.82, 2.24) is 9.66 Å². The van der Waals surface area contributed by atoms with Gasteiger partial charge in [-0.2, -0.15) is 9.78 Å². The third-order valence-corrected chi connectivity index (χ3v) is 7.04. The Bertz CT molecular complexity index is 2050. The van der Waals surface area contributed by atoms with E-state index in [2.05, 4.69) is 21.0 Å². The van der Waals surface area contributed by atoms with E-state index < -0.39 is 4.92 Å². The zero-order valence-electron chi connectivity index (χ0n) is 21.0. The van der Waals surface area contributed by atoms with Crippen LogP contribution < -0.4 is 10.3 Å². The van der Waals surface area contributed by atoms with Crippen LogP contribution in [-0.4, -0.2) is 20.8 Å². The van der Waals surface area contributed by atoms with E-state index >= 15 is 0 Å². The van der Waals surface area contributed by atoms with E-state index in [0.29, 0.717) is 44.1 Å². The SMILES string of the molecule is O=c1c2ccccc2nc(-c2cc3cc(Br)ccc3o2)n1N=Cc1ccc(OCc2cccc([N+](=O)[O-])c2)c(Cl)c1. The van der Waals surface area contributed by atoms with E-state index in [4.69, 9.17) is 25.7 Å². The van der Waals surface area contributed by atoms with Crippen molar-refractivity contribution in [2.45, 2.75) is 6.61 Å². The molecule has 0 spiro atoms. The minimum absolute atomic E-state index is 0.0166. The fourth-order valence-electron chi connectivity index (χ4n) is 4.27. The molecule has 6 aromatic rings. The van der Waals surface area contributed by atoms with Gasteiger partial charge in [0.05, 0.1) is 27.1 Å². The first kappa shape index (κ1) is 26.4. The highest BCUT2D eigenvalue weighted by molar-refractivity contribution is 9.10. The summed E-state index contributed by atoms with van der Waals surface area (Å²) in [6.07, 6.45) is 1.50. The van der Waals surface area contributed by atoms with E-state index in [1.807, 2.05) is 30.3 Å². The highest BCUT2D eigenvalue weighted by atomic mass is 79.9. The molecular weight excluding hydrogens is 612 g/mol. The molecule has 0 saturated carbocycles. The van der Waals surface area contributed by atoms with Crippen molar-refractivity contribution in [3.8, 4) is 17.3 Å². The third kappa shape index (κ3) is 5.47. The summed E-state index contributed by atoms with van der Waals surface area (Å²) in [7, 11) is 0. The van der Waals surface area contributed by atoms with Crippen LogP contribution in [0.3, 0.4) is 0 Å². The Morgan fingerprint density at radius 2 is 1.90 bits per heavy atom. The second-order valence-corrected chi connectivity index (χ2v) is 10.3. The summed E-state index contributed by atoms with van der Waals surface area (Å²) in [5, 5.41) is 17.1. The first-order valence-electron chi connectivity index (χ1n) is 12.3. The summed E-state index contributed by atoms with van der Waals surface area (Å²) in [5.41, 5.74) is 2.04. The fraction of sp³-hybridized carbons (Fsp3) is 0.0333. The van der Waals surface area contributed by atoms with Gasteiger partial charge >= 0.3 is 0 Å². The lowest BCUT2D eigenvalue weighted by atomic mass is 10.2. The molecule has 0 atom stereocenters. The van der Waals surface area contributed by atoms with E-state index in [9.17, 15) is 14.9 Å². The number of para-hydroxylation sites is 1. The average molecular weight is 630 g/mol. The number of rotatable bonds is 7. The van der Waals surface area contributed by atoms with Gasteiger partial charge in [0.1, 0.15) is 17.9 Å². The molecule has 2 heterocycles. The smallest absolute Gasteiger partial charge is 0.282 e. The van der Waals surface area contributed by atoms with Gasteiger partial charge < -0.3 is 9.15 Å². The Morgan fingerprint density at radius 1 is 1.05 bits per heavy atom. The number of fused-ring (bicyclic) bond motifs is 2. The highest BCUT2D eigenvalue weighted by Crippen LogP contribution is 2.30. The van der Waals surface area contributed by atoms with Crippen molar-refractivity contribution >= 4 is 61.3 Å². The molecule has 0 bridgehead atoms. The van der Waals surface area contributed by atoms with E-state index in [-0.39, 0.29) is 23.7 Å². The molecule has 0 amide bonds. The number of nitrogens with zero attached hydrogens (tertiary/aromatic N) is 4. The van der Waals surface area contributed by atoms with Gasteiger partial charge in [0.15, 0.2) is 5.76 Å². The minimum Gasteiger partial charge on any atom is -0.487 e. The number of ether oxygens (including phenoxy) is 1. The van der Waals surface area contributed by atoms with Gasteiger partial charge in [0, 0.05) is 22.0 Å². The number of benzene rings is 4. The molecule has 202 valence electrons. The van der Waals surface area contributed by atoms with Crippen LogP contribution in [0.2, 0.25) is 5.02 Å². The van der Waals surface area contributed by atoms with Crippen molar-refractivity contribution in [1.29, 1.82) is 0 Å². The number of non-ortho nitro benzene ring substituents is 1. The summed E-state index contributed by atoms with van der Waals surface area (Å²) >= 11 is 9.93. The first-order valence-corrected chi connectivity index (χ1v) is 13.4. The standard InChI is InChI=1S/C30H18BrClN4O5/c31-21-9-11-26-20(14-21)15-28(41-26)29-34-25-7-2-1-6-23(25)30(37)35(29)33-16-18-8-10-27(24(32)13-18)40-17-19-4-3-5-22(12-19)36(38)39/h1-16H,17H2. The number of hydrogen-bond donors (Lipinski definition) is 0. The van der Waals surface area contributed by atoms with Crippen LogP contribution in [-0.2, 0) is 6.61 Å². The summed E-state index contributed by atoms with van der Waals surface area (Å²) in [4.78, 5) is 28.7. The lowest BCUT2D eigenvalue weighted by Crippen LogP contribution is -2.20. The quantitative estimate of drug-likeness (QED) is 0.102. The van der Waals surface area contributed by atoms with Crippen LogP contribution in [0.4, 0.5) is 5.69 Å². The van der Waals surface area contributed by atoms with Crippen LogP contribution in [0.25, 0.3) is 33.5 Å². The van der Waals surface area contributed by atoms with Gasteiger partial charge in [-0.05, 0) is 65.7 Å². The maximum Gasteiger partial charge on any atom is 0.282 e. The van der Waals surface area contributed by atoms with E-state index in [1.165, 1.54) is 23.0 Å². The Balaban J connectivity index is 1.32. The number of furan rings is 1. The van der Waals surface area contributed by atoms with E-state index in [1.54, 1.807) is 48.5 Å². The molecular formula is C30H18BrClN4O5. The fourth-order valence-corrected chi connectivity index (χ4v) is 4.90. The maximum absolute atomic E-state index is 13.5. The Hall–Kier alpha value is -4.80. The number of halogens is 2. The van der Waals surface area contributed by atoms with Gasteiger partial charge in [0.2, 0.25) is 5.82 Å². The molecule has 0 radical (unpaired) electrons. The largest absolute Gasteiger partial charge is 0.487 e. The topological polar surface area (TPSA) is 113 Å². The average Bonchev–Trinajstić information content (AvgIpc) is 3.39. The van der Waals surface area contributed by atoms with Crippen molar-refractivity contribution in [2.75, 3.05) is 0 Å². The molecule has 0 unspecified atom stereocenters. The van der Waals surface area contributed by atoms with E-state index in [0.717, 1.165) is 9.86 Å². The van der Waals surface area contributed by atoms with Gasteiger partial charge in [-0.3, -0.25) is 14.9 Å². The molecule has 6 rings (SSSR count). The van der Waals surface area contributed by atoms with Gasteiger partial charge in [-0.15, -0.1) is 0 Å². The maximum atomic E-state index is 13.5. The predicted molar refractivity (Wildman–Crippen MR) is 161 cm³/mol. The molecule has 0 N–H and O–H groups in total. The van der Waals surface area contributed by atoms with Gasteiger partial charge in [-0.1, -0.05) is 51.8 Å². The van der Waals surface area contributed by atoms with Crippen LogP contribution in [0.5, 0.6) is 5.75 Å². The van der Waals surface area contributed by atoms with Crippen LogP contribution in [0.1, 0.15) is 11.1 Å². The Kier molecular flexibility index (Phi) is 7.08. The van der Waals surface area contributed by atoms with Crippen LogP contribution in [0, 0.1) is 10.1 Å². The van der Waals surface area contributed by atoms with Crippen LogP contribution in [0.15, 0.2) is 110 Å². The summed E-state index contributed by atoms with van der Waals surface area (Å²) in [5.74, 6) is 1.04. The third-order valence-electron chi connectivity index (χ3n) is 6.25. The molecule has 4 aromatic carbocycles. The number of aromatic nitrogens is 2.